The van der Waals surface area contributed by atoms with E-state index in [4.69, 9.17) is 17.3 Å². The lowest BCUT2D eigenvalue weighted by molar-refractivity contribution is -0.117. The Balaban J connectivity index is 2.63. The fourth-order valence-electron chi connectivity index (χ4n) is 1.07. The molecule has 0 aromatic heterocycles. The van der Waals surface area contributed by atoms with Gasteiger partial charge in [-0.15, -0.1) is 0 Å². The number of carbonyl (C=O) groups excluding carboxylic acids is 2. The molecule has 86 valence electrons. The molecule has 0 saturated carbocycles. The summed E-state index contributed by atoms with van der Waals surface area (Å²) < 4.78 is 0.608. The number of hydrogen-bond donors (Lipinski definition) is 2. The van der Waals surface area contributed by atoms with Crippen LogP contribution >= 0.6 is 27.5 Å². The van der Waals surface area contributed by atoms with E-state index in [-0.39, 0.29) is 18.9 Å². The zero-order valence-corrected chi connectivity index (χ0v) is 10.6. The molecule has 0 atom stereocenters. The first-order valence-corrected chi connectivity index (χ1v) is 5.69. The number of nitrogens with two attached hydrogens (primary N) is 1. The van der Waals surface area contributed by atoms with Gasteiger partial charge in [0.15, 0.2) is 0 Å². The second-order valence-corrected chi connectivity index (χ2v) is 4.39. The van der Waals surface area contributed by atoms with Crippen molar-refractivity contribution in [1.82, 2.24) is 5.32 Å². The molecule has 0 radical (unpaired) electrons. The standard InChI is InChI=1S/C10H10BrClN2O2/c11-8-5-6(12)1-2-7(8)10(16)14-4-3-9(13)15/h1-2,5H,3-4H2,(H2,13,15)(H,14,16). The predicted octanol–water partition coefficient (Wildman–Crippen LogP) is 1.71. The summed E-state index contributed by atoms with van der Waals surface area (Å²) in [5, 5.41) is 3.12. The van der Waals surface area contributed by atoms with Crippen molar-refractivity contribution in [2.45, 2.75) is 6.42 Å². The lowest BCUT2D eigenvalue weighted by Gasteiger charge is -2.05. The third-order valence-corrected chi connectivity index (χ3v) is 2.72. The first-order chi connectivity index (χ1) is 7.50. The maximum Gasteiger partial charge on any atom is 0.252 e. The molecule has 0 aliphatic carbocycles. The molecule has 4 nitrogen and oxygen atoms in total. The Labute approximate surface area is 106 Å². The summed E-state index contributed by atoms with van der Waals surface area (Å²) in [5.74, 6) is -0.722. The maximum absolute atomic E-state index is 11.6. The fraction of sp³-hybridized carbons (Fsp3) is 0.200. The number of primary amides is 1. The summed E-state index contributed by atoms with van der Waals surface area (Å²) >= 11 is 8.98. The van der Waals surface area contributed by atoms with Crippen LogP contribution in [0.2, 0.25) is 5.02 Å². The van der Waals surface area contributed by atoms with Crippen molar-refractivity contribution < 1.29 is 9.59 Å². The van der Waals surface area contributed by atoms with Gasteiger partial charge in [0.1, 0.15) is 0 Å². The minimum Gasteiger partial charge on any atom is -0.370 e. The minimum atomic E-state index is -0.449. The quantitative estimate of drug-likeness (QED) is 0.889. The summed E-state index contributed by atoms with van der Waals surface area (Å²) in [4.78, 5) is 22.1. The fourth-order valence-corrected chi connectivity index (χ4v) is 1.93. The molecule has 1 aromatic carbocycles. The van der Waals surface area contributed by atoms with Crippen molar-refractivity contribution in [3.8, 4) is 0 Å². The van der Waals surface area contributed by atoms with Crippen molar-refractivity contribution in [3.05, 3.63) is 33.3 Å². The van der Waals surface area contributed by atoms with Gasteiger partial charge in [0.25, 0.3) is 5.91 Å². The Morgan fingerprint density at radius 3 is 2.69 bits per heavy atom. The SMILES string of the molecule is NC(=O)CCNC(=O)c1ccc(Cl)cc1Br. The second-order valence-electron chi connectivity index (χ2n) is 3.10. The normalized spacial score (nSPS) is 9.88. The summed E-state index contributed by atoms with van der Waals surface area (Å²) in [6.07, 6.45) is 0.122. The Kier molecular flexibility index (Phi) is 4.76. The van der Waals surface area contributed by atoms with Gasteiger partial charge in [0.2, 0.25) is 5.91 Å². The number of carbonyl (C=O) groups is 2. The molecular weight excluding hydrogens is 295 g/mol. The van der Waals surface area contributed by atoms with Crippen LogP contribution < -0.4 is 11.1 Å². The third kappa shape index (κ3) is 3.83. The third-order valence-electron chi connectivity index (χ3n) is 1.83. The molecule has 0 fully saturated rings. The highest BCUT2D eigenvalue weighted by Gasteiger charge is 2.09. The Bertz CT molecular complexity index is 423. The summed E-state index contributed by atoms with van der Waals surface area (Å²) in [7, 11) is 0. The molecule has 6 heteroatoms. The van der Waals surface area contributed by atoms with Gasteiger partial charge in [-0.2, -0.15) is 0 Å². The molecule has 0 unspecified atom stereocenters. The lowest BCUT2D eigenvalue weighted by atomic mass is 10.2. The van der Waals surface area contributed by atoms with Crippen LogP contribution in [-0.4, -0.2) is 18.4 Å². The number of nitrogens with one attached hydrogen (secondary N) is 1. The lowest BCUT2D eigenvalue weighted by Crippen LogP contribution is -2.28. The van der Waals surface area contributed by atoms with E-state index in [1.807, 2.05) is 0 Å². The Morgan fingerprint density at radius 2 is 2.12 bits per heavy atom. The van der Waals surface area contributed by atoms with Crippen LogP contribution in [0.4, 0.5) is 0 Å². The van der Waals surface area contributed by atoms with E-state index >= 15 is 0 Å². The zero-order chi connectivity index (χ0) is 12.1. The van der Waals surface area contributed by atoms with Crippen LogP contribution in [-0.2, 0) is 4.79 Å². The summed E-state index contributed by atoms with van der Waals surface area (Å²) in [6, 6.07) is 4.85. The molecule has 1 aromatic rings. The van der Waals surface area contributed by atoms with Gasteiger partial charge in [0.05, 0.1) is 5.56 Å². The van der Waals surface area contributed by atoms with Gasteiger partial charge in [-0.05, 0) is 34.1 Å². The van der Waals surface area contributed by atoms with Crippen molar-refractivity contribution in [3.63, 3.8) is 0 Å². The van der Waals surface area contributed by atoms with Crippen molar-refractivity contribution >= 4 is 39.3 Å². The number of rotatable bonds is 4. The van der Waals surface area contributed by atoms with Gasteiger partial charge in [-0.3, -0.25) is 9.59 Å². The molecular formula is C10H10BrClN2O2. The monoisotopic (exact) mass is 304 g/mol. The van der Waals surface area contributed by atoms with Crippen LogP contribution in [0.3, 0.4) is 0 Å². The van der Waals surface area contributed by atoms with Crippen LogP contribution in [0, 0.1) is 0 Å². The first-order valence-electron chi connectivity index (χ1n) is 4.52. The van der Waals surface area contributed by atoms with Crippen molar-refractivity contribution in [2.75, 3.05) is 6.54 Å². The van der Waals surface area contributed by atoms with E-state index < -0.39 is 5.91 Å². The molecule has 0 aliphatic heterocycles. The van der Waals surface area contributed by atoms with Gasteiger partial charge >= 0.3 is 0 Å². The highest BCUT2D eigenvalue weighted by molar-refractivity contribution is 9.10. The molecule has 0 heterocycles. The van der Waals surface area contributed by atoms with Crippen LogP contribution in [0.25, 0.3) is 0 Å². The van der Waals surface area contributed by atoms with Gasteiger partial charge in [-0.1, -0.05) is 11.6 Å². The average molecular weight is 306 g/mol. The van der Waals surface area contributed by atoms with Gasteiger partial charge in [0, 0.05) is 22.5 Å². The van der Waals surface area contributed by atoms with Gasteiger partial charge < -0.3 is 11.1 Å². The molecule has 2 amide bonds. The largest absolute Gasteiger partial charge is 0.370 e. The Hall–Kier alpha value is -1.07. The highest BCUT2D eigenvalue weighted by atomic mass is 79.9. The maximum atomic E-state index is 11.6. The van der Waals surface area contributed by atoms with Crippen molar-refractivity contribution in [2.24, 2.45) is 5.73 Å². The molecule has 1 rings (SSSR count). The van der Waals surface area contributed by atoms with E-state index in [1.165, 1.54) is 0 Å². The number of amides is 2. The van der Waals surface area contributed by atoms with E-state index in [0.29, 0.717) is 15.1 Å². The van der Waals surface area contributed by atoms with Crippen LogP contribution in [0.1, 0.15) is 16.8 Å². The molecule has 16 heavy (non-hydrogen) atoms. The molecule has 3 N–H and O–H groups in total. The topological polar surface area (TPSA) is 72.2 Å². The van der Waals surface area contributed by atoms with E-state index in [9.17, 15) is 9.59 Å². The predicted molar refractivity (Wildman–Crippen MR) is 65.3 cm³/mol. The summed E-state index contributed by atoms with van der Waals surface area (Å²) in [5.41, 5.74) is 5.42. The van der Waals surface area contributed by atoms with E-state index in [1.54, 1.807) is 18.2 Å². The average Bonchev–Trinajstić information content (AvgIpc) is 2.16. The van der Waals surface area contributed by atoms with Crippen LogP contribution in [0.5, 0.6) is 0 Å². The molecule has 0 saturated heterocycles. The van der Waals surface area contributed by atoms with E-state index in [0.717, 1.165) is 0 Å². The summed E-state index contributed by atoms with van der Waals surface area (Å²) in [6.45, 7) is 0.225. The molecule has 0 bridgehead atoms. The van der Waals surface area contributed by atoms with E-state index in [2.05, 4.69) is 21.2 Å². The molecule has 0 spiro atoms. The number of benzene rings is 1. The van der Waals surface area contributed by atoms with Crippen molar-refractivity contribution in [1.29, 1.82) is 0 Å². The smallest absolute Gasteiger partial charge is 0.252 e. The van der Waals surface area contributed by atoms with Crippen LogP contribution in [0.15, 0.2) is 22.7 Å². The highest BCUT2D eigenvalue weighted by Crippen LogP contribution is 2.21. The second kappa shape index (κ2) is 5.86. The van der Waals surface area contributed by atoms with Gasteiger partial charge in [-0.25, -0.2) is 0 Å². The zero-order valence-electron chi connectivity index (χ0n) is 8.30. The number of halogens is 2. The number of hydrogen-bond acceptors (Lipinski definition) is 2. The molecule has 0 aliphatic rings. The Morgan fingerprint density at radius 1 is 1.44 bits per heavy atom. The first kappa shape index (κ1) is 13.0. The minimum absolute atomic E-state index is 0.122.